The molecule has 1 saturated heterocycles. The third kappa shape index (κ3) is 2.59. The fourth-order valence-electron chi connectivity index (χ4n) is 2.31. The van der Waals surface area contributed by atoms with Crippen molar-refractivity contribution in [2.24, 2.45) is 0 Å². The number of rotatable bonds is 3. The van der Waals surface area contributed by atoms with E-state index in [2.05, 4.69) is 13.8 Å². The van der Waals surface area contributed by atoms with Crippen LogP contribution >= 0.6 is 0 Å². The van der Waals surface area contributed by atoms with Crippen molar-refractivity contribution in [2.75, 3.05) is 0 Å². The van der Waals surface area contributed by atoms with E-state index in [0.29, 0.717) is 11.7 Å². The summed E-state index contributed by atoms with van der Waals surface area (Å²) in [6, 6.07) is 5.62. The highest BCUT2D eigenvalue weighted by atomic mass is 16.7. The van der Waals surface area contributed by atoms with Gasteiger partial charge in [0.25, 0.3) is 0 Å². The lowest BCUT2D eigenvalue weighted by Crippen LogP contribution is -2.41. The molecule has 1 aromatic carbocycles. The minimum absolute atomic E-state index is 0.317. The fraction of sp³-hybridized carbons (Fsp3) is 0.625. The van der Waals surface area contributed by atoms with Crippen molar-refractivity contribution in [3.05, 3.63) is 23.8 Å². The molecule has 0 amide bonds. The number of phenolic OH excluding ortho intramolecular Hbond substituents is 1. The highest BCUT2D eigenvalue weighted by molar-refractivity contribution is 6.62. The van der Waals surface area contributed by atoms with Crippen molar-refractivity contribution in [2.45, 2.75) is 65.1 Å². The molecule has 1 atom stereocenters. The van der Waals surface area contributed by atoms with Gasteiger partial charge < -0.3 is 14.4 Å². The number of benzene rings is 1. The van der Waals surface area contributed by atoms with E-state index in [-0.39, 0.29) is 18.3 Å². The lowest BCUT2D eigenvalue weighted by Gasteiger charge is -2.32. The van der Waals surface area contributed by atoms with Gasteiger partial charge in [0.15, 0.2) is 0 Å². The van der Waals surface area contributed by atoms with Crippen LogP contribution in [0.3, 0.4) is 0 Å². The Hall–Kier alpha value is -0.995. The summed E-state index contributed by atoms with van der Waals surface area (Å²) in [4.78, 5) is 0. The molecule has 0 aromatic heterocycles. The molecule has 20 heavy (non-hydrogen) atoms. The molecule has 1 fully saturated rings. The van der Waals surface area contributed by atoms with Crippen LogP contribution in [0.2, 0.25) is 0 Å². The molecule has 0 spiro atoms. The smallest absolute Gasteiger partial charge is 0.494 e. The van der Waals surface area contributed by atoms with E-state index in [9.17, 15) is 5.11 Å². The first-order valence-electron chi connectivity index (χ1n) is 7.36. The van der Waals surface area contributed by atoms with Gasteiger partial charge in [-0.15, -0.1) is 0 Å². The van der Waals surface area contributed by atoms with Crippen LogP contribution in [0, 0.1) is 0 Å². The normalized spacial score (nSPS) is 22.0. The molecule has 1 heterocycles. The molecule has 0 bridgehead atoms. The van der Waals surface area contributed by atoms with Gasteiger partial charge in [0.1, 0.15) is 5.75 Å². The zero-order valence-corrected chi connectivity index (χ0v) is 13.4. The van der Waals surface area contributed by atoms with Crippen molar-refractivity contribution in [1.82, 2.24) is 0 Å². The minimum atomic E-state index is -0.372. The van der Waals surface area contributed by atoms with E-state index in [4.69, 9.17) is 9.31 Å². The molecule has 4 heteroatoms. The van der Waals surface area contributed by atoms with Crippen molar-refractivity contribution in [1.29, 1.82) is 0 Å². The number of hydrogen-bond acceptors (Lipinski definition) is 3. The summed E-state index contributed by atoms with van der Waals surface area (Å²) in [7, 11) is -0.372. The molecule has 1 aliphatic heterocycles. The lowest BCUT2D eigenvalue weighted by atomic mass is 9.77. The van der Waals surface area contributed by atoms with Crippen LogP contribution in [0.15, 0.2) is 18.2 Å². The van der Waals surface area contributed by atoms with Gasteiger partial charge in [-0.2, -0.15) is 0 Å². The largest absolute Gasteiger partial charge is 0.508 e. The SMILES string of the molecule is CCC(C)c1cc(B2OC(C)(C)C(C)(C)O2)ccc1O. The molecule has 2 rings (SSSR count). The summed E-state index contributed by atoms with van der Waals surface area (Å²) in [6.45, 7) is 12.4. The second-order valence-electron chi connectivity index (χ2n) is 6.72. The number of phenols is 1. The first-order chi connectivity index (χ1) is 9.18. The quantitative estimate of drug-likeness (QED) is 0.861. The van der Waals surface area contributed by atoms with Gasteiger partial charge in [-0.05, 0) is 57.1 Å². The lowest BCUT2D eigenvalue weighted by molar-refractivity contribution is 0.00578. The average molecular weight is 276 g/mol. The molecule has 1 aromatic rings. The van der Waals surface area contributed by atoms with E-state index in [1.807, 2.05) is 39.8 Å². The number of hydrogen-bond donors (Lipinski definition) is 1. The van der Waals surface area contributed by atoms with Gasteiger partial charge in [0.2, 0.25) is 0 Å². The van der Waals surface area contributed by atoms with Crippen molar-refractivity contribution < 1.29 is 14.4 Å². The Labute approximate surface area is 122 Å². The van der Waals surface area contributed by atoms with Crippen molar-refractivity contribution in [3.8, 4) is 5.75 Å². The van der Waals surface area contributed by atoms with Gasteiger partial charge in [-0.3, -0.25) is 0 Å². The summed E-state index contributed by atoms with van der Waals surface area (Å²) in [6.07, 6.45) is 0.986. The molecular formula is C16H25BO3. The van der Waals surface area contributed by atoms with Crippen LogP contribution in [-0.2, 0) is 9.31 Å². The zero-order valence-electron chi connectivity index (χ0n) is 13.4. The number of aromatic hydroxyl groups is 1. The summed E-state index contributed by atoms with van der Waals surface area (Å²) in [5.74, 6) is 0.664. The molecule has 110 valence electrons. The summed E-state index contributed by atoms with van der Waals surface area (Å²) in [5, 5.41) is 10.0. The summed E-state index contributed by atoms with van der Waals surface area (Å²) in [5.41, 5.74) is 1.24. The standard InChI is InChI=1S/C16H25BO3/c1-7-11(2)13-10-12(8-9-14(13)18)17-19-15(3,4)16(5,6)20-17/h8-11,18H,7H2,1-6H3. The minimum Gasteiger partial charge on any atom is -0.508 e. The van der Waals surface area contributed by atoms with Gasteiger partial charge in [0, 0.05) is 0 Å². The van der Waals surface area contributed by atoms with E-state index in [1.165, 1.54) is 0 Å². The van der Waals surface area contributed by atoms with E-state index >= 15 is 0 Å². The Balaban J connectivity index is 2.32. The molecule has 1 unspecified atom stereocenters. The van der Waals surface area contributed by atoms with Crippen LogP contribution in [0.1, 0.15) is 59.4 Å². The fourth-order valence-corrected chi connectivity index (χ4v) is 2.31. The van der Waals surface area contributed by atoms with Crippen LogP contribution in [0.25, 0.3) is 0 Å². The first kappa shape index (κ1) is 15.4. The summed E-state index contributed by atoms with van der Waals surface area (Å²) >= 11 is 0. The van der Waals surface area contributed by atoms with Crippen molar-refractivity contribution in [3.63, 3.8) is 0 Å². The zero-order chi connectivity index (χ0) is 15.1. The second kappa shape index (κ2) is 5.08. The Morgan fingerprint density at radius 2 is 1.70 bits per heavy atom. The predicted octanol–water partition coefficient (Wildman–Crippen LogP) is 3.20. The molecule has 0 saturated carbocycles. The molecule has 0 aliphatic carbocycles. The molecule has 0 radical (unpaired) electrons. The Bertz CT molecular complexity index is 480. The van der Waals surface area contributed by atoms with Crippen LogP contribution in [0.4, 0.5) is 0 Å². The van der Waals surface area contributed by atoms with E-state index in [0.717, 1.165) is 17.4 Å². The second-order valence-corrected chi connectivity index (χ2v) is 6.72. The first-order valence-corrected chi connectivity index (χ1v) is 7.36. The van der Waals surface area contributed by atoms with E-state index < -0.39 is 0 Å². The molecule has 3 nitrogen and oxygen atoms in total. The monoisotopic (exact) mass is 276 g/mol. The van der Waals surface area contributed by atoms with Crippen LogP contribution < -0.4 is 5.46 Å². The van der Waals surface area contributed by atoms with Crippen LogP contribution in [0.5, 0.6) is 5.75 Å². The molecule has 1 N–H and O–H groups in total. The highest BCUT2D eigenvalue weighted by Crippen LogP contribution is 2.37. The molecular weight excluding hydrogens is 251 g/mol. The summed E-state index contributed by atoms with van der Waals surface area (Å²) < 4.78 is 12.1. The maximum atomic E-state index is 10.0. The van der Waals surface area contributed by atoms with Crippen LogP contribution in [-0.4, -0.2) is 23.4 Å². The average Bonchev–Trinajstić information content (AvgIpc) is 2.58. The maximum absolute atomic E-state index is 10.0. The highest BCUT2D eigenvalue weighted by Gasteiger charge is 2.51. The molecule has 1 aliphatic rings. The van der Waals surface area contributed by atoms with Gasteiger partial charge in [-0.1, -0.05) is 26.0 Å². The Morgan fingerprint density at radius 1 is 1.15 bits per heavy atom. The van der Waals surface area contributed by atoms with Crippen molar-refractivity contribution >= 4 is 12.6 Å². The van der Waals surface area contributed by atoms with E-state index in [1.54, 1.807) is 6.07 Å². The van der Waals surface area contributed by atoms with Gasteiger partial charge in [0.05, 0.1) is 11.2 Å². The predicted molar refractivity (Wildman–Crippen MR) is 82.5 cm³/mol. The third-order valence-corrected chi connectivity index (χ3v) is 4.72. The Kier molecular flexibility index (Phi) is 3.91. The topological polar surface area (TPSA) is 38.7 Å². The Morgan fingerprint density at radius 3 is 2.20 bits per heavy atom. The van der Waals surface area contributed by atoms with Gasteiger partial charge >= 0.3 is 7.12 Å². The maximum Gasteiger partial charge on any atom is 0.494 e. The third-order valence-electron chi connectivity index (χ3n) is 4.72. The van der Waals surface area contributed by atoms with Gasteiger partial charge in [-0.25, -0.2) is 0 Å².